The fourth-order valence-electron chi connectivity index (χ4n) is 18.4. The van der Waals surface area contributed by atoms with E-state index in [4.69, 9.17) is 30.6 Å². The minimum Gasteiger partial charge on any atom is -0.512 e. The number of allylic oxidation sites excluding steroid dienone is 5. The second kappa shape index (κ2) is 43.8. The van der Waals surface area contributed by atoms with Gasteiger partial charge in [0.1, 0.15) is 44.7 Å². The van der Waals surface area contributed by atoms with E-state index in [0.717, 1.165) is 63.8 Å². The van der Waals surface area contributed by atoms with E-state index in [0.29, 0.717) is 46.4 Å². The molecule has 1 unspecified atom stereocenters. The molecule has 140 heavy (non-hydrogen) atoms. The molecule has 7 aromatic heterocycles. The summed E-state index contributed by atoms with van der Waals surface area (Å²) in [6.45, 7) is 18.3. The summed E-state index contributed by atoms with van der Waals surface area (Å²) < 4.78 is 76.2. The Bertz CT molecular complexity index is 8430. The number of rotatable bonds is 10. The van der Waals surface area contributed by atoms with E-state index < -0.39 is 17.7 Å². The van der Waals surface area contributed by atoms with Gasteiger partial charge in [0.25, 0.3) is 17.0 Å². The van der Waals surface area contributed by atoms with Crippen LogP contribution in [-0.4, -0.2) is 51.4 Å². The molecule has 17 heteroatoms. The third-order valence-electron chi connectivity index (χ3n) is 24.7. The zero-order chi connectivity index (χ0) is 102. The van der Waals surface area contributed by atoms with Crippen molar-refractivity contribution in [3.8, 4) is 84.4 Å². The maximum atomic E-state index is 11.8. The van der Waals surface area contributed by atoms with Crippen molar-refractivity contribution in [1.82, 2.24) is 34.3 Å². The van der Waals surface area contributed by atoms with Crippen molar-refractivity contribution >= 4 is 65.9 Å². The maximum absolute atomic E-state index is 11.8. The van der Waals surface area contributed by atoms with Gasteiger partial charge in [-0.15, -0.1) is 88.6 Å². The van der Waals surface area contributed by atoms with E-state index in [9.17, 15) is 9.59 Å². The number of anilines is 1. The van der Waals surface area contributed by atoms with Crippen LogP contribution in [0.5, 0.6) is 0 Å². The molecular formula is C123H105Ir2N11O4. The standard InChI is InChI=1S/C27H18N.C22H25N2.C18H16N3.C14H12N2.C14H8NO2.C12H10N.C11H8N.C5H8O2.2Ir/c1-4-10-20(11-5-1)23-16-17-26-25(18-23)24(21-12-6-2-7-13-21)19-27(28-26)22-14-8-3-9-15-22;1-15(2)18-10-7-11-19(16(3)4)21(18)24-13-12-23-14-17-8-5-6-9-20(17)22(23)24;1-11(2)21-19-17-15-8-4-3-7-13(15)14-9-5-6-12-10-20(21)18(17)16(12)14;1-2-7-13-11(5-1)9-14-15-8-4-3-6-12(15)10-16(13)14;16-14-11(12-6-3-4-8-15-12)9-10-5-1-2-7-13(10)17-14;1-2-6-11-10(5-1)9-13-8-4-3-7-12(11)13;1-2-6-10(7-3-1)11-8-4-5-9-12-11;1-4(6)3-5(2)7;;/h1-14,16-19H;5-13,15-16H,14H2,1-4H3;3-9,11H,10H2,1-2H3;1-8,10,14H,9H2;1-8H;1-8H,9H2;1-6,8-9H;3,6H,1-2H3;;/q-1;2*+1;;-1;+1;-1;;;/i;;;;;1D,2D,3D,4D,5D,6D,7D,8D;;;;. The number of benzene rings is 13. The fourth-order valence-corrected chi connectivity index (χ4v) is 18.4. The number of pyridine rings is 4. The Morgan fingerprint density at radius 3 is 1.87 bits per heavy atom. The number of hydrogen-bond donors (Lipinski definition) is 1. The number of ketones is 1. The van der Waals surface area contributed by atoms with Gasteiger partial charge in [-0.25, -0.2) is 4.57 Å². The molecule has 0 saturated carbocycles. The van der Waals surface area contributed by atoms with Crippen LogP contribution in [0.4, 0.5) is 5.69 Å². The average Bonchev–Trinajstić information content (AvgIpc) is 1.54. The first-order chi connectivity index (χ1) is 70.8. The number of aliphatic hydroxyl groups excluding tert-OH is 1. The summed E-state index contributed by atoms with van der Waals surface area (Å²) in [6.07, 6.45) is 21.1. The van der Waals surface area contributed by atoms with Gasteiger partial charge in [0.05, 0.1) is 43.3 Å². The molecule has 2 radical (unpaired) electrons. The predicted molar refractivity (Wildman–Crippen MR) is 556 cm³/mol. The van der Waals surface area contributed by atoms with Crippen LogP contribution >= 0.6 is 0 Å². The van der Waals surface area contributed by atoms with Crippen LogP contribution in [-0.2, 0) is 71.1 Å². The van der Waals surface area contributed by atoms with Gasteiger partial charge >= 0.3 is 0 Å². The molecule has 0 bridgehead atoms. The van der Waals surface area contributed by atoms with Gasteiger partial charge in [0.15, 0.2) is 18.5 Å². The Hall–Kier alpha value is -15.6. The molecule has 15 nitrogen and oxygen atoms in total. The van der Waals surface area contributed by atoms with E-state index in [1.54, 1.807) is 30.6 Å². The predicted octanol–water partition coefficient (Wildman–Crippen LogP) is 26.5. The zero-order valence-electron chi connectivity index (χ0n) is 86.5. The van der Waals surface area contributed by atoms with Gasteiger partial charge in [-0.1, -0.05) is 264 Å². The number of aliphatic hydroxyl groups is 1. The molecule has 0 aliphatic carbocycles. The van der Waals surface area contributed by atoms with Gasteiger partial charge in [0.2, 0.25) is 11.2 Å². The average molecular weight is 2190 g/mol. The maximum Gasteiger partial charge on any atom is 0.294 e. The molecule has 0 amide bonds. The van der Waals surface area contributed by atoms with E-state index in [-0.39, 0.29) is 106 Å². The van der Waals surface area contributed by atoms with Crippen molar-refractivity contribution in [3.63, 3.8) is 0 Å². The monoisotopic (exact) mass is 2190 g/mol. The van der Waals surface area contributed by atoms with Crippen molar-refractivity contribution in [2.45, 2.75) is 105 Å². The number of para-hydroxylation sites is 3. The Kier molecular flexibility index (Phi) is 26.9. The summed E-state index contributed by atoms with van der Waals surface area (Å²) in [6, 6.07) is 111. The molecule has 0 saturated heterocycles. The molecule has 6 aliphatic rings. The van der Waals surface area contributed by atoms with E-state index in [1.165, 1.54) is 130 Å². The number of hydrogen-bond acceptors (Lipinski definition) is 10. The molecule has 1 N–H and O–H groups in total. The molecule has 6 aliphatic heterocycles. The van der Waals surface area contributed by atoms with Crippen LogP contribution in [0.15, 0.2) is 434 Å². The van der Waals surface area contributed by atoms with Crippen molar-refractivity contribution in [1.29, 1.82) is 0 Å². The smallest absolute Gasteiger partial charge is 0.294 e. The molecular weight excluding hydrogens is 2080 g/mol. The summed E-state index contributed by atoms with van der Waals surface area (Å²) in [5, 5.41) is 20.5. The Morgan fingerprint density at radius 1 is 0.543 bits per heavy atom. The van der Waals surface area contributed by atoms with E-state index in [2.05, 4.69) is 329 Å². The number of fused-ring (bicyclic) bond motifs is 16. The molecule has 13 heterocycles. The van der Waals surface area contributed by atoms with Gasteiger partial charge in [-0.3, -0.25) is 19.6 Å². The first-order valence-electron chi connectivity index (χ1n) is 50.4. The zero-order valence-corrected chi connectivity index (χ0v) is 83.3. The third-order valence-corrected chi connectivity index (χ3v) is 24.7. The Morgan fingerprint density at radius 2 is 1.17 bits per heavy atom. The summed E-state index contributed by atoms with van der Waals surface area (Å²) >= 11 is 0. The van der Waals surface area contributed by atoms with Crippen LogP contribution < -0.4 is 24.3 Å². The number of imidazole rings is 1. The summed E-state index contributed by atoms with van der Waals surface area (Å²) in [4.78, 5) is 42.0. The Balaban J connectivity index is 0.000000117. The topological polar surface area (TPSA) is 147 Å². The third kappa shape index (κ3) is 20.7. The van der Waals surface area contributed by atoms with Crippen LogP contribution in [0.1, 0.15) is 118 Å². The molecule has 13 aromatic carbocycles. The summed E-state index contributed by atoms with van der Waals surface area (Å²) in [7, 11) is 0. The first kappa shape index (κ1) is 86.0. The van der Waals surface area contributed by atoms with Gasteiger partial charge in [-0.2, -0.15) is 9.13 Å². The van der Waals surface area contributed by atoms with Crippen LogP contribution in [0.25, 0.3) is 139 Å². The molecule has 694 valence electrons. The number of nitrogens with zero attached hydrogens (tertiary/aromatic N) is 11. The SMILES string of the molecule is C1=CC2=CN3c4ccccc4CC3N2C=C1.CC(=O)C=C(C)O.CC(C)c1cccc(C(C)C)c1-n1cc[n+]2c1-c1ccccc1C2.CC(C)n1nc2c3ccccc3c3cccc4c3c2[n+]1C4.O=c1oc2ccccc2[c-]c1-c1ccccn1.[2H]c1c([2H])c([2H])c2c(c1[2H])C[n+]1c([2H])c([2H])c([2H])c([2H])c1-2.[Ir].[Ir].[c-]1ccccc1-c1cc(-c2ccccc2)c2cc(-c3ccccc3)ccc2n1.[c-]1ccccc1-c1ccccn1. The minimum absolute atomic E-state index is 0. The Labute approximate surface area is 855 Å². The second-order valence-electron chi connectivity index (χ2n) is 35.0. The van der Waals surface area contributed by atoms with Crippen molar-refractivity contribution in [2.24, 2.45) is 0 Å². The quantitative estimate of drug-likeness (QED) is 0.0350. The van der Waals surface area contributed by atoms with Crippen LogP contribution in [0, 0.1) is 18.2 Å². The fraction of sp³-hybridized carbons (Fsp3) is 0.130. The summed E-state index contributed by atoms with van der Waals surface area (Å²) in [5.74, 6) is 2.24. The summed E-state index contributed by atoms with van der Waals surface area (Å²) in [5.41, 5.74) is 26.3. The normalized spacial score (nSPS) is 13.8. The molecule has 0 fully saturated rings. The molecule has 20 aromatic rings. The first-order valence-corrected chi connectivity index (χ1v) is 46.4. The van der Waals surface area contributed by atoms with Crippen molar-refractivity contribution < 1.29 is 79.3 Å². The molecule has 1 atom stereocenters. The minimum atomic E-state index is -0.414. The van der Waals surface area contributed by atoms with Crippen molar-refractivity contribution in [3.05, 3.63) is 487 Å². The van der Waals surface area contributed by atoms with Gasteiger partial charge < -0.3 is 24.3 Å². The largest absolute Gasteiger partial charge is 0.512 e. The molecule has 26 rings (SSSR count). The van der Waals surface area contributed by atoms with Crippen molar-refractivity contribution in [2.75, 3.05) is 4.90 Å². The van der Waals surface area contributed by atoms with E-state index >= 15 is 0 Å². The van der Waals surface area contributed by atoms with E-state index in [1.807, 2.05) is 97.1 Å². The number of carbonyl (C=O) groups is 1. The number of carbonyl (C=O) groups excluding carboxylic acids is 1. The van der Waals surface area contributed by atoms with Gasteiger partial charge in [-0.05, 0) is 167 Å². The number of aromatic nitrogens is 9. The van der Waals surface area contributed by atoms with Gasteiger partial charge in [0, 0.05) is 150 Å². The second-order valence-corrected chi connectivity index (χ2v) is 35.0. The molecule has 0 spiro atoms. The van der Waals surface area contributed by atoms with Crippen LogP contribution in [0.2, 0.25) is 0 Å². The van der Waals surface area contributed by atoms with Crippen LogP contribution in [0.3, 0.4) is 0 Å².